The number of amides is 5. The second-order valence-electron chi connectivity index (χ2n) is 18.5. The molecule has 0 bridgehead atoms. The molecule has 5 amide bonds. The summed E-state index contributed by atoms with van der Waals surface area (Å²) in [6, 6.07) is 22.7. The molecule has 3 aliphatic rings. The SMILES string of the molecule is COc1ccc2c(OC3CC(C(=O)NC4(C(=O)NS(=O)(=O)C5(C(=O)Nc6ccccc6)CC5)CC4)N(C(=O)C(NC(=O)OC(C)(C)C)C(C)(C)C)C3)cc(-c3ccccc3)nc2c1. The van der Waals surface area contributed by atoms with Gasteiger partial charge in [0.15, 0.2) is 4.75 Å². The maximum Gasteiger partial charge on any atom is 0.408 e. The van der Waals surface area contributed by atoms with Gasteiger partial charge in [0.1, 0.15) is 40.8 Å². The molecular weight excluding hydrogens is 829 g/mol. The molecule has 1 aliphatic heterocycles. The van der Waals surface area contributed by atoms with Crippen LogP contribution in [-0.4, -0.2) is 95.8 Å². The van der Waals surface area contributed by atoms with Gasteiger partial charge in [-0.15, -0.1) is 0 Å². The van der Waals surface area contributed by atoms with Gasteiger partial charge in [0.2, 0.25) is 27.7 Å². The highest BCUT2D eigenvalue weighted by Crippen LogP contribution is 2.45. The Morgan fingerprint density at radius 1 is 0.841 bits per heavy atom. The number of methoxy groups -OCH3 is 1. The number of nitrogens with one attached hydrogen (secondary N) is 4. The molecule has 4 aromatic rings. The van der Waals surface area contributed by atoms with E-state index in [1.807, 2.05) is 36.4 Å². The third kappa shape index (κ3) is 9.72. The van der Waals surface area contributed by atoms with E-state index in [0.717, 1.165) is 5.56 Å². The minimum atomic E-state index is -4.54. The van der Waals surface area contributed by atoms with Gasteiger partial charge in [0.05, 0.1) is 24.9 Å². The highest BCUT2D eigenvalue weighted by molar-refractivity contribution is 7.92. The van der Waals surface area contributed by atoms with E-state index in [0.29, 0.717) is 33.8 Å². The second-order valence-corrected chi connectivity index (χ2v) is 20.5. The van der Waals surface area contributed by atoms with Gasteiger partial charge in [-0.05, 0) is 76.1 Å². The third-order valence-electron chi connectivity index (χ3n) is 11.4. The lowest BCUT2D eigenvalue weighted by atomic mass is 9.85. The third-order valence-corrected chi connectivity index (χ3v) is 13.5. The Morgan fingerprint density at radius 2 is 1.49 bits per heavy atom. The molecule has 1 aromatic heterocycles. The van der Waals surface area contributed by atoms with Crippen LogP contribution in [0.1, 0.15) is 73.6 Å². The predicted molar refractivity (Wildman–Crippen MR) is 235 cm³/mol. The highest BCUT2D eigenvalue weighted by atomic mass is 32.2. The van der Waals surface area contributed by atoms with Gasteiger partial charge in [-0.3, -0.25) is 23.9 Å². The molecule has 2 heterocycles. The number of alkyl carbamates (subject to hydrolysis) is 1. The van der Waals surface area contributed by atoms with Crippen LogP contribution >= 0.6 is 0 Å². The van der Waals surface area contributed by atoms with Crippen LogP contribution in [0.25, 0.3) is 22.2 Å². The predicted octanol–water partition coefficient (Wildman–Crippen LogP) is 5.46. The van der Waals surface area contributed by atoms with Crippen molar-refractivity contribution in [2.75, 3.05) is 19.0 Å². The van der Waals surface area contributed by atoms with Crippen molar-refractivity contribution in [2.45, 2.75) is 108 Å². The first kappa shape index (κ1) is 44.8. The van der Waals surface area contributed by atoms with Crippen LogP contribution in [0.15, 0.2) is 84.9 Å². The number of benzene rings is 3. The van der Waals surface area contributed by atoms with Crippen molar-refractivity contribution >= 4 is 56.3 Å². The lowest BCUT2D eigenvalue weighted by Crippen LogP contribution is -2.60. The largest absolute Gasteiger partial charge is 0.497 e. The van der Waals surface area contributed by atoms with Gasteiger partial charge in [0, 0.05) is 35.2 Å². The van der Waals surface area contributed by atoms with Gasteiger partial charge in [0.25, 0.3) is 5.91 Å². The fourth-order valence-corrected chi connectivity index (χ4v) is 9.19. The zero-order chi connectivity index (χ0) is 45.5. The Hall–Kier alpha value is -6.23. The minimum absolute atomic E-state index is 0.00754. The van der Waals surface area contributed by atoms with Crippen LogP contribution in [0.2, 0.25) is 0 Å². The highest BCUT2D eigenvalue weighted by Gasteiger charge is 2.63. The molecule has 0 spiro atoms. The molecule has 1 saturated heterocycles. The molecule has 63 heavy (non-hydrogen) atoms. The van der Waals surface area contributed by atoms with Crippen LogP contribution in [0.3, 0.4) is 0 Å². The number of likely N-dealkylation sites (tertiary alicyclic amines) is 1. The fraction of sp³-hybridized carbons (Fsp3) is 0.435. The van der Waals surface area contributed by atoms with Crippen molar-refractivity contribution in [2.24, 2.45) is 5.41 Å². The number of pyridine rings is 1. The van der Waals surface area contributed by atoms with E-state index in [2.05, 4.69) is 20.7 Å². The average Bonchev–Trinajstić information content (AvgIpc) is 4.16. The number of fused-ring (bicyclic) bond motifs is 1. The lowest BCUT2D eigenvalue weighted by Gasteiger charge is -2.36. The van der Waals surface area contributed by atoms with Gasteiger partial charge >= 0.3 is 6.09 Å². The second kappa shape index (κ2) is 16.8. The van der Waals surface area contributed by atoms with Crippen LogP contribution in [0.5, 0.6) is 11.5 Å². The molecule has 3 aromatic carbocycles. The number of hydrogen-bond acceptors (Lipinski definition) is 11. The summed E-state index contributed by atoms with van der Waals surface area (Å²) < 4.78 is 45.3. The summed E-state index contributed by atoms with van der Waals surface area (Å²) >= 11 is 0. The smallest absolute Gasteiger partial charge is 0.408 e. The van der Waals surface area contributed by atoms with Crippen molar-refractivity contribution in [3.8, 4) is 22.8 Å². The Labute approximate surface area is 366 Å². The van der Waals surface area contributed by atoms with Crippen molar-refractivity contribution in [1.29, 1.82) is 0 Å². The average molecular weight is 883 g/mol. The molecule has 7 rings (SSSR count). The summed E-state index contributed by atoms with van der Waals surface area (Å²) in [6.07, 6.45) is -1.38. The van der Waals surface area contributed by atoms with Crippen LogP contribution < -0.4 is 30.1 Å². The zero-order valence-corrected chi connectivity index (χ0v) is 37.3. The van der Waals surface area contributed by atoms with E-state index in [1.165, 1.54) is 4.90 Å². The quantitative estimate of drug-likeness (QED) is 0.132. The van der Waals surface area contributed by atoms with E-state index in [9.17, 15) is 32.4 Å². The zero-order valence-electron chi connectivity index (χ0n) is 36.4. The number of sulfonamides is 1. The summed E-state index contributed by atoms with van der Waals surface area (Å²) in [6.45, 7) is 10.3. The van der Waals surface area contributed by atoms with Crippen LogP contribution in [-0.2, 0) is 33.9 Å². The van der Waals surface area contributed by atoms with E-state index in [4.69, 9.17) is 19.2 Å². The summed E-state index contributed by atoms with van der Waals surface area (Å²) in [5.41, 5.74) is -0.914. The lowest BCUT2D eigenvalue weighted by molar-refractivity contribution is -0.143. The maximum absolute atomic E-state index is 14.7. The van der Waals surface area contributed by atoms with Gasteiger partial charge in [-0.1, -0.05) is 69.3 Å². The van der Waals surface area contributed by atoms with E-state index in [1.54, 1.807) is 97.2 Å². The standard InChI is InChI=1S/C46H54N6O10S/c1-43(2,3)37(49-42(57)62-44(4,5)6)39(54)52-27-31(61-36-26-33(28-14-10-8-11-15-28)48-34-24-30(60-7)18-19-32(34)36)25-35(52)38(53)50-45(20-21-45)40(55)51-63(58,59)46(22-23-46)41(56)47-29-16-12-9-13-17-29/h8-19,24,26,31,35,37H,20-23,25,27H2,1-7H3,(H,47,56)(H,49,57)(H,50,53)(H,51,55). The van der Waals surface area contributed by atoms with Gasteiger partial charge < -0.3 is 35.1 Å². The number of para-hydroxylation sites is 1. The Balaban J connectivity index is 1.16. The normalized spacial score (nSPS) is 19.3. The summed E-state index contributed by atoms with van der Waals surface area (Å²) in [5.74, 6) is -2.04. The number of aromatic nitrogens is 1. The molecule has 0 radical (unpaired) electrons. The Bertz CT molecular complexity index is 2530. The molecule has 3 fully saturated rings. The molecule has 2 saturated carbocycles. The molecule has 334 valence electrons. The molecule has 17 heteroatoms. The number of rotatable bonds is 13. The summed E-state index contributed by atoms with van der Waals surface area (Å²) in [5, 5.41) is 8.75. The Morgan fingerprint density at radius 3 is 2.08 bits per heavy atom. The summed E-state index contributed by atoms with van der Waals surface area (Å²) in [7, 11) is -2.99. The van der Waals surface area contributed by atoms with E-state index in [-0.39, 0.29) is 38.6 Å². The number of anilines is 1. The van der Waals surface area contributed by atoms with Crippen molar-refractivity contribution < 1.29 is 46.6 Å². The van der Waals surface area contributed by atoms with E-state index < -0.39 is 79.2 Å². The Kier molecular flexibility index (Phi) is 12.0. The van der Waals surface area contributed by atoms with Gasteiger partial charge in [-0.2, -0.15) is 0 Å². The molecule has 4 N–H and O–H groups in total. The number of nitrogens with zero attached hydrogens (tertiary/aromatic N) is 2. The number of carbonyl (C=O) groups excluding carboxylic acids is 5. The summed E-state index contributed by atoms with van der Waals surface area (Å²) in [4.78, 5) is 75.7. The fourth-order valence-electron chi connectivity index (χ4n) is 7.62. The number of ether oxygens (including phenoxy) is 3. The van der Waals surface area contributed by atoms with Crippen molar-refractivity contribution in [1.82, 2.24) is 25.2 Å². The number of hydrogen-bond donors (Lipinski definition) is 4. The molecule has 16 nitrogen and oxygen atoms in total. The maximum atomic E-state index is 14.7. The first-order valence-corrected chi connectivity index (χ1v) is 22.4. The van der Waals surface area contributed by atoms with Crippen LogP contribution in [0, 0.1) is 5.41 Å². The van der Waals surface area contributed by atoms with Crippen molar-refractivity contribution in [3.05, 3.63) is 84.9 Å². The van der Waals surface area contributed by atoms with Crippen LogP contribution in [0.4, 0.5) is 10.5 Å². The van der Waals surface area contributed by atoms with Gasteiger partial charge in [-0.25, -0.2) is 18.2 Å². The first-order valence-electron chi connectivity index (χ1n) is 20.9. The first-order chi connectivity index (χ1) is 29.6. The van der Waals surface area contributed by atoms with E-state index >= 15 is 0 Å². The minimum Gasteiger partial charge on any atom is -0.497 e. The molecule has 2 aliphatic carbocycles. The topological polar surface area (TPSA) is 211 Å². The number of carbonyl (C=O) groups is 5. The molecule has 3 atom stereocenters. The molecule has 3 unspecified atom stereocenters. The van der Waals surface area contributed by atoms with Crippen molar-refractivity contribution in [3.63, 3.8) is 0 Å². The molecular formula is C46H54N6O10S. The monoisotopic (exact) mass is 882 g/mol.